The van der Waals surface area contributed by atoms with Gasteiger partial charge in [0.05, 0.1) is 0 Å². The lowest BCUT2D eigenvalue weighted by Gasteiger charge is -2.20. The molecule has 0 aromatic heterocycles. The van der Waals surface area contributed by atoms with Gasteiger partial charge in [-0.05, 0) is 27.2 Å². The smallest absolute Gasteiger partial charge is 0.407 e. The van der Waals surface area contributed by atoms with Gasteiger partial charge < -0.3 is 15.8 Å². The zero-order chi connectivity index (χ0) is 10.5. The van der Waals surface area contributed by atoms with Crippen molar-refractivity contribution in [3.05, 3.63) is 0 Å². The van der Waals surface area contributed by atoms with Crippen LogP contribution in [-0.4, -0.2) is 24.3 Å². The van der Waals surface area contributed by atoms with Gasteiger partial charge in [0.25, 0.3) is 0 Å². The lowest BCUT2D eigenvalue weighted by Crippen LogP contribution is -2.39. The molecular weight excluding hydrogens is 168 g/mol. The standard InChI is InChI=1S/C9H20N2O2/c1-5-7(10)6-11-8(12)13-9(2,3)4/h7H,5-6,10H2,1-4H3,(H,11,12)/t7-/m1/s1. The number of rotatable bonds is 3. The van der Waals surface area contributed by atoms with Gasteiger partial charge in [-0.1, -0.05) is 6.92 Å². The summed E-state index contributed by atoms with van der Waals surface area (Å²) in [6, 6.07) is 0.00696. The minimum atomic E-state index is -0.444. The van der Waals surface area contributed by atoms with Crippen LogP contribution in [0.3, 0.4) is 0 Å². The highest BCUT2D eigenvalue weighted by Crippen LogP contribution is 2.06. The Morgan fingerprint density at radius 1 is 1.54 bits per heavy atom. The molecule has 0 aliphatic carbocycles. The van der Waals surface area contributed by atoms with Crippen LogP contribution in [-0.2, 0) is 4.74 Å². The maximum absolute atomic E-state index is 11.1. The van der Waals surface area contributed by atoms with E-state index in [2.05, 4.69) is 5.32 Å². The molecule has 0 aromatic rings. The van der Waals surface area contributed by atoms with Crippen LogP contribution in [0.15, 0.2) is 0 Å². The molecule has 0 radical (unpaired) electrons. The molecule has 0 aliphatic rings. The van der Waals surface area contributed by atoms with Gasteiger partial charge >= 0.3 is 6.09 Å². The molecule has 0 saturated carbocycles. The largest absolute Gasteiger partial charge is 0.444 e. The van der Waals surface area contributed by atoms with E-state index in [0.717, 1.165) is 6.42 Å². The number of nitrogens with two attached hydrogens (primary N) is 1. The van der Waals surface area contributed by atoms with Crippen molar-refractivity contribution in [3.63, 3.8) is 0 Å². The first-order valence-corrected chi connectivity index (χ1v) is 4.57. The van der Waals surface area contributed by atoms with E-state index < -0.39 is 11.7 Å². The third-order valence-electron chi connectivity index (χ3n) is 1.43. The highest BCUT2D eigenvalue weighted by molar-refractivity contribution is 5.67. The maximum atomic E-state index is 11.1. The molecule has 0 aromatic carbocycles. The predicted octanol–water partition coefficient (Wildman–Crippen LogP) is 1.25. The van der Waals surface area contributed by atoms with Gasteiger partial charge in [-0.2, -0.15) is 0 Å². The van der Waals surface area contributed by atoms with Crippen molar-refractivity contribution in [1.82, 2.24) is 5.32 Å². The molecule has 3 N–H and O–H groups in total. The van der Waals surface area contributed by atoms with Crippen LogP contribution >= 0.6 is 0 Å². The summed E-state index contributed by atoms with van der Waals surface area (Å²) in [5.41, 5.74) is 5.17. The highest BCUT2D eigenvalue weighted by Gasteiger charge is 2.15. The van der Waals surface area contributed by atoms with Gasteiger partial charge in [0.1, 0.15) is 5.60 Å². The molecule has 4 nitrogen and oxygen atoms in total. The molecule has 0 bridgehead atoms. The number of hydrogen-bond donors (Lipinski definition) is 2. The van der Waals surface area contributed by atoms with Crippen molar-refractivity contribution in [2.45, 2.75) is 45.8 Å². The van der Waals surface area contributed by atoms with Gasteiger partial charge in [-0.3, -0.25) is 0 Å². The molecule has 4 heteroatoms. The molecule has 0 spiro atoms. The topological polar surface area (TPSA) is 64.3 Å². The third-order valence-corrected chi connectivity index (χ3v) is 1.43. The predicted molar refractivity (Wildman–Crippen MR) is 52.5 cm³/mol. The normalized spacial score (nSPS) is 13.6. The zero-order valence-electron chi connectivity index (χ0n) is 8.89. The quantitative estimate of drug-likeness (QED) is 0.700. The number of amides is 1. The number of alkyl carbamates (subject to hydrolysis) is 1. The van der Waals surface area contributed by atoms with Gasteiger partial charge in [-0.25, -0.2) is 4.79 Å². The number of carbonyl (C=O) groups is 1. The van der Waals surface area contributed by atoms with Crippen molar-refractivity contribution in [3.8, 4) is 0 Å². The second-order valence-electron chi connectivity index (χ2n) is 4.05. The van der Waals surface area contributed by atoms with Crippen molar-refractivity contribution >= 4 is 6.09 Å². The Balaban J connectivity index is 3.64. The fourth-order valence-electron chi connectivity index (χ4n) is 0.673. The molecule has 0 fully saturated rings. The summed E-state index contributed by atoms with van der Waals surface area (Å²) in [5.74, 6) is 0. The second-order valence-corrected chi connectivity index (χ2v) is 4.05. The average molecular weight is 188 g/mol. The Hall–Kier alpha value is -0.770. The van der Waals surface area contributed by atoms with Gasteiger partial charge in [-0.15, -0.1) is 0 Å². The van der Waals surface area contributed by atoms with E-state index >= 15 is 0 Å². The monoisotopic (exact) mass is 188 g/mol. The SMILES string of the molecule is CC[C@@H](N)CNC(=O)OC(C)(C)C. The van der Waals surface area contributed by atoms with Crippen LogP contribution in [0.5, 0.6) is 0 Å². The van der Waals surface area contributed by atoms with E-state index in [1.807, 2.05) is 27.7 Å². The number of hydrogen-bond acceptors (Lipinski definition) is 3. The molecule has 13 heavy (non-hydrogen) atoms. The first-order chi connectivity index (χ1) is 5.85. The lowest BCUT2D eigenvalue weighted by molar-refractivity contribution is 0.0524. The number of nitrogens with one attached hydrogen (secondary N) is 1. The molecule has 0 heterocycles. The molecule has 78 valence electrons. The van der Waals surface area contributed by atoms with Crippen LogP contribution < -0.4 is 11.1 Å². The summed E-state index contributed by atoms with van der Waals surface area (Å²) in [6.45, 7) is 7.91. The molecule has 0 aliphatic heterocycles. The van der Waals surface area contributed by atoms with Gasteiger partial charge in [0.2, 0.25) is 0 Å². The van der Waals surface area contributed by atoms with Gasteiger partial charge in [0.15, 0.2) is 0 Å². The Kier molecular flexibility index (Phi) is 4.77. The summed E-state index contributed by atoms with van der Waals surface area (Å²) in [6.07, 6.45) is 0.437. The van der Waals surface area contributed by atoms with Crippen LogP contribution in [0.1, 0.15) is 34.1 Å². The molecule has 1 atom stereocenters. The molecule has 1 amide bonds. The van der Waals surface area contributed by atoms with E-state index in [1.165, 1.54) is 0 Å². The average Bonchev–Trinajstić information content (AvgIpc) is 1.97. The molecule has 0 rings (SSSR count). The van der Waals surface area contributed by atoms with Crippen molar-refractivity contribution in [2.75, 3.05) is 6.54 Å². The minimum Gasteiger partial charge on any atom is -0.444 e. The Morgan fingerprint density at radius 3 is 2.46 bits per heavy atom. The van der Waals surface area contributed by atoms with E-state index in [1.54, 1.807) is 0 Å². The van der Waals surface area contributed by atoms with E-state index in [9.17, 15) is 4.79 Å². The van der Waals surface area contributed by atoms with Gasteiger partial charge in [0, 0.05) is 12.6 Å². The Labute approximate surface area is 79.8 Å². The van der Waals surface area contributed by atoms with E-state index in [-0.39, 0.29) is 6.04 Å². The first-order valence-electron chi connectivity index (χ1n) is 4.57. The summed E-state index contributed by atoms with van der Waals surface area (Å²) in [5, 5.41) is 2.60. The van der Waals surface area contributed by atoms with Crippen LogP contribution in [0.4, 0.5) is 4.79 Å². The van der Waals surface area contributed by atoms with Crippen molar-refractivity contribution < 1.29 is 9.53 Å². The molecule has 0 unspecified atom stereocenters. The number of carbonyl (C=O) groups excluding carboxylic acids is 1. The maximum Gasteiger partial charge on any atom is 0.407 e. The summed E-state index contributed by atoms with van der Waals surface area (Å²) < 4.78 is 5.03. The summed E-state index contributed by atoms with van der Waals surface area (Å²) in [4.78, 5) is 11.1. The minimum absolute atomic E-state index is 0.00696. The highest BCUT2D eigenvalue weighted by atomic mass is 16.6. The summed E-state index contributed by atoms with van der Waals surface area (Å²) in [7, 11) is 0. The van der Waals surface area contributed by atoms with Crippen LogP contribution in [0.25, 0.3) is 0 Å². The second kappa shape index (κ2) is 5.07. The van der Waals surface area contributed by atoms with E-state index in [0.29, 0.717) is 6.54 Å². The molecule has 0 saturated heterocycles. The Morgan fingerprint density at radius 2 is 2.08 bits per heavy atom. The summed E-state index contributed by atoms with van der Waals surface area (Å²) >= 11 is 0. The van der Waals surface area contributed by atoms with Crippen molar-refractivity contribution in [1.29, 1.82) is 0 Å². The third kappa shape index (κ3) is 7.59. The van der Waals surface area contributed by atoms with Crippen molar-refractivity contribution in [2.24, 2.45) is 5.73 Å². The first kappa shape index (κ1) is 12.2. The molecular formula is C9H20N2O2. The lowest BCUT2D eigenvalue weighted by atomic mass is 10.2. The van der Waals surface area contributed by atoms with Crippen LogP contribution in [0.2, 0.25) is 0 Å². The number of ether oxygens (including phenoxy) is 1. The fourth-order valence-corrected chi connectivity index (χ4v) is 0.673. The zero-order valence-corrected chi connectivity index (χ0v) is 8.89. The van der Waals surface area contributed by atoms with Crippen LogP contribution in [0, 0.1) is 0 Å². The van der Waals surface area contributed by atoms with E-state index in [4.69, 9.17) is 10.5 Å². The Bertz CT molecular complexity index is 163. The fraction of sp³-hybridized carbons (Fsp3) is 0.889.